The van der Waals surface area contributed by atoms with Crippen LogP contribution in [0.15, 0.2) is 24.7 Å². The Morgan fingerprint density at radius 2 is 2.32 bits per heavy atom. The summed E-state index contributed by atoms with van der Waals surface area (Å²) in [6.07, 6.45) is 3.25. The number of hydrogen-bond acceptors (Lipinski definition) is 5. The lowest BCUT2D eigenvalue weighted by Crippen LogP contribution is -2.37. The molecule has 0 aliphatic carbocycles. The molecule has 118 valence electrons. The number of nitrogens with zero attached hydrogens (tertiary/aromatic N) is 4. The fourth-order valence-corrected chi connectivity index (χ4v) is 2.00. The van der Waals surface area contributed by atoms with Crippen molar-refractivity contribution in [1.82, 2.24) is 30.4 Å². The van der Waals surface area contributed by atoms with Crippen LogP contribution in [0.25, 0.3) is 0 Å². The molecule has 2 amide bonds. The number of pyridine rings is 1. The minimum absolute atomic E-state index is 0.243. The third-order valence-corrected chi connectivity index (χ3v) is 3.05. The van der Waals surface area contributed by atoms with E-state index in [1.54, 1.807) is 23.2 Å². The fraction of sp³-hybridized carbons (Fsp3) is 0.429. The third-order valence-electron chi connectivity index (χ3n) is 3.05. The van der Waals surface area contributed by atoms with Crippen LogP contribution in [0.1, 0.15) is 31.3 Å². The van der Waals surface area contributed by atoms with E-state index in [-0.39, 0.29) is 12.1 Å². The molecule has 8 heteroatoms. The van der Waals surface area contributed by atoms with Crippen molar-refractivity contribution in [3.8, 4) is 5.88 Å². The van der Waals surface area contributed by atoms with E-state index in [1.807, 2.05) is 27.0 Å². The van der Waals surface area contributed by atoms with Crippen LogP contribution in [-0.2, 0) is 13.6 Å². The van der Waals surface area contributed by atoms with Gasteiger partial charge in [0, 0.05) is 25.4 Å². The summed E-state index contributed by atoms with van der Waals surface area (Å²) in [5.41, 5.74) is 0.825. The maximum Gasteiger partial charge on any atom is 0.315 e. The second kappa shape index (κ2) is 7.39. The molecule has 8 nitrogen and oxygen atoms in total. The van der Waals surface area contributed by atoms with Crippen molar-refractivity contribution in [1.29, 1.82) is 0 Å². The monoisotopic (exact) mass is 304 g/mol. The molecule has 0 spiro atoms. The number of aryl methyl sites for hydroxylation is 1. The molecule has 2 aromatic heterocycles. The van der Waals surface area contributed by atoms with Crippen molar-refractivity contribution >= 4 is 6.03 Å². The van der Waals surface area contributed by atoms with Gasteiger partial charge in [-0.15, -0.1) is 10.2 Å². The summed E-state index contributed by atoms with van der Waals surface area (Å²) in [7, 11) is 1.83. The molecule has 0 aliphatic heterocycles. The van der Waals surface area contributed by atoms with Crippen molar-refractivity contribution < 1.29 is 9.53 Å². The summed E-state index contributed by atoms with van der Waals surface area (Å²) >= 11 is 0. The van der Waals surface area contributed by atoms with Gasteiger partial charge in [0.25, 0.3) is 0 Å². The molecular formula is C14H20N6O2. The Kier molecular flexibility index (Phi) is 5.29. The maximum atomic E-state index is 12.0. The van der Waals surface area contributed by atoms with Gasteiger partial charge in [0.05, 0.1) is 12.6 Å². The predicted molar refractivity (Wildman–Crippen MR) is 80.2 cm³/mol. The summed E-state index contributed by atoms with van der Waals surface area (Å²) in [5.74, 6) is 1.22. The number of carbonyl (C=O) groups excluding carboxylic acids is 1. The van der Waals surface area contributed by atoms with Gasteiger partial charge < -0.3 is 19.9 Å². The highest BCUT2D eigenvalue weighted by atomic mass is 16.5. The number of rotatable bonds is 6. The van der Waals surface area contributed by atoms with Crippen LogP contribution in [0, 0.1) is 0 Å². The van der Waals surface area contributed by atoms with Gasteiger partial charge in [0.15, 0.2) is 5.82 Å². The smallest absolute Gasteiger partial charge is 0.315 e. The van der Waals surface area contributed by atoms with Gasteiger partial charge >= 0.3 is 6.03 Å². The van der Waals surface area contributed by atoms with Crippen molar-refractivity contribution in [3.05, 3.63) is 36.0 Å². The van der Waals surface area contributed by atoms with E-state index in [0.29, 0.717) is 24.9 Å². The molecule has 0 fully saturated rings. The first-order valence-electron chi connectivity index (χ1n) is 7.06. The zero-order valence-corrected chi connectivity index (χ0v) is 12.9. The Bertz CT molecular complexity index is 627. The van der Waals surface area contributed by atoms with Crippen molar-refractivity contribution in [2.75, 3.05) is 6.61 Å². The van der Waals surface area contributed by atoms with Crippen LogP contribution < -0.4 is 15.4 Å². The zero-order chi connectivity index (χ0) is 15.9. The molecule has 0 radical (unpaired) electrons. The minimum atomic E-state index is -0.290. The molecule has 0 aliphatic rings. The van der Waals surface area contributed by atoms with Crippen LogP contribution >= 0.6 is 0 Å². The first kappa shape index (κ1) is 15.7. The number of urea groups is 1. The van der Waals surface area contributed by atoms with E-state index in [4.69, 9.17) is 4.74 Å². The second-order valence-corrected chi connectivity index (χ2v) is 4.75. The number of carbonyl (C=O) groups is 1. The van der Waals surface area contributed by atoms with Gasteiger partial charge in [-0.1, -0.05) is 6.07 Å². The maximum absolute atomic E-state index is 12.0. The molecule has 1 atom stereocenters. The summed E-state index contributed by atoms with van der Waals surface area (Å²) in [6, 6.07) is 3.14. The highest BCUT2D eigenvalue weighted by Gasteiger charge is 2.14. The quantitative estimate of drug-likeness (QED) is 0.835. The molecule has 0 unspecified atom stereocenters. The Balaban J connectivity index is 1.89. The molecule has 2 aromatic rings. The zero-order valence-electron chi connectivity index (χ0n) is 12.9. The molecule has 0 saturated carbocycles. The molecule has 2 rings (SSSR count). The second-order valence-electron chi connectivity index (χ2n) is 4.75. The van der Waals surface area contributed by atoms with Crippen molar-refractivity contribution in [2.24, 2.45) is 7.05 Å². The molecular weight excluding hydrogens is 284 g/mol. The normalized spacial score (nSPS) is 11.8. The van der Waals surface area contributed by atoms with Crippen LogP contribution in [0.4, 0.5) is 4.79 Å². The van der Waals surface area contributed by atoms with Crippen LogP contribution in [0.3, 0.4) is 0 Å². The lowest BCUT2D eigenvalue weighted by molar-refractivity contribution is 0.236. The largest absolute Gasteiger partial charge is 0.478 e. The fourth-order valence-electron chi connectivity index (χ4n) is 2.00. The summed E-state index contributed by atoms with van der Waals surface area (Å²) in [4.78, 5) is 16.1. The van der Waals surface area contributed by atoms with Gasteiger partial charge in [-0.25, -0.2) is 9.78 Å². The van der Waals surface area contributed by atoms with Crippen molar-refractivity contribution in [3.63, 3.8) is 0 Å². The minimum Gasteiger partial charge on any atom is -0.478 e. The van der Waals surface area contributed by atoms with E-state index < -0.39 is 0 Å². The van der Waals surface area contributed by atoms with Crippen LogP contribution in [-0.4, -0.2) is 32.4 Å². The van der Waals surface area contributed by atoms with Gasteiger partial charge in [-0.05, 0) is 19.9 Å². The summed E-state index contributed by atoms with van der Waals surface area (Å²) < 4.78 is 7.18. The average Bonchev–Trinajstić information content (AvgIpc) is 2.93. The standard InChI is InChI=1S/C14H20N6O2/c1-4-22-13-11(6-5-7-15-13)8-16-14(21)18-10(2)12-19-17-9-20(12)3/h5-7,9-10H,4,8H2,1-3H3,(H2,16,18,21)/t10-/m0/s1. The molecule has 0 bridgehead atoms. The SMILES string of the molecule is CCOc1ncccc1CNC(=O)N[C@@H](C)c1nncn1C. The highest BCUT2D eigenvalue weighted by Crippen LogP contribution is 2.13. The first-order chi connectivity index (χ1) is 10.6. The molecule has 2 heterocycles. The van der Waals surface area contributed by atoms with Gasteiger partial charge in [-0.3, -0.25) is 0 Å². The van der Waals surface area contributed by atoms with E-state index >= 15 is 0 Å². The number of nitrogens with one attached hydrogen (secondary N) is 2. The average molecular weight is 304 g/mol. The van der Waals surface area contributed by atoms with E-state index in [0.717, 1.165) is 5.56 Å². The number of hydrogen-bond donors (Lipinski definition) is 2. The Morgan fingerprint density at radius 1 is 1.50 bits per heavy atom. The lowest BCUT2D eigenvalue weighted by atomic mass is 10.2. The number of aromatic nitrogens is 4. The molecule has 2 N–H and O–H groups in total. The summed E-state index contributed by atoms with van der Waals surface area (Å²) in [6.45, 7) is 4.60. The number of ether oxygens (including phenoxy) is 1. The van der Waals surface area contributed by atoms with Gasteiger partial charge in [0.1, 0.15) is 6.33 Å². The highest BCUT2D eigenvalue weighted by molar-refractivity contribution is 5.74. The molecule has 0 saturated heterocycles. The van der Waals surface area contributed by atoms with Gasteiger partial charge in [0.2, 0.25) is 5.88 Å². The van der Waals surface area contributed by atoms with Gasteiger partial charge in [-0.2, -0.15) is 0 Å². The molecule has 0 aromatic carbocycles. The van der Waals surface area contributed by atoms with Crippen LogP contribution in [0.5, 0.6) is 5.88 Å². The Morgan fingerprint density at radius 3 is 3.00 bits per heavy atom. The lowest BCUT2D eigenvalue weighted by Gasteiger charge is -2.14. The number of amides is 2. The third kappa shape index (κ3) is 3.94. The van der Waals surface area contributed by atoms with E-state index in [9.17, 15) is 4.79 Å². The first-order valence-corrected chi connectivity index (χ1v) is 7.06. The van der Waals surface area contributed by atoms with Crippen LogP contribution in [0.2, 0.25) is 0 Å². The summed E-state index contributed by atoms with van der Waals surface area (Å²) in [5, 5.41) is 13.4. The predicted octanol–water partition coefficient (Wildman–Crippen LogP) is 1.17. The topological polar surface area (TPSA) is 94.0 Å². The Labute approximate surface area is 128 Å². The Hall–Kier alpha value is -2.64. The van der Waals surface area contributed by atoms with E-state index in [1.165, 1.54) is 0 Å². The molecule has 22 heavy (non-hydrogen) atoms. The van der Waals surface area contributed by atoms with E-state index in [2.05, 4.69) is 25.8 Å². The van der Waals surface area contributed by atoms with Crippen molar-refractivity contribution in [2.45, 2.75) is 26.4 Å².